The minimum absolute atomic E-state index is 0.754. The lowest BCUT2D eigenvalue weighted by molar-refractivity contribution is 0.190. The maximum atomic E-state index is 5.05. The molecule has 0 fully saturated rings. The molecule has 2 aromatic rings. The Morgan fingerprint density at radius 1 is 1.39 bits per heavy atom. The predicted octanol–water partition coefficient (Wildman–Crippen LogP) is 2.37. The van der Waals surface area contributed by atoms with E-state index in [1.54, 1.807) is 19.5 Å². The third-order valence-corrected chi connectivity index (χ3v) is 2.75. The maximum Gasteiger partial charge on any atom is 0.207 e. The molecular weight excluding hydrogens is 228 g/mol. The Labute approximate surface area is 107 Å². The van der Waals surface area contributed by atoms with Crippen LogP contribution < -0.4 is 5.32 Å². The van der Waals surface area contributed by atoms with Gasteiger partial charge in [-0.2, -0.15) is 0 Å². The molecule has 0 atom stereocenters. The SMILES string of the molecule is COCCCn1ccnc1Nc1cnccc1C. The van der Waals surface area contributed by atoms with Crippen molar-refractivity contribution in [2.24, 2.45) is 0 Å². The van der Waals surface area contributed by atoms with Crippen LogP contribution in [0.1, 0.15) is 12.0 Å². The number of aryl methyl sites for hydroxylation is 2. The summed E-state index contributed by atoms with van der Waals surface area (Å²) in [5.41, 5.74) is 2.13. The van der Waals surface area contributed by atoms with Crippen LogP contribution in [0, 0.1) is 6.92 Å². The van der Waals surface area contributed by atoms with E-state index in [4.69, 9.17) is 4.74 Å². The van der Waals surface area contributed by atoms with Crippen molar-refractivity contribution in [1.82, 2.24) is 14.5 Å². The highest BCUT2D eigenvalue weighted by Gasteiger charge is 2.04. The monoisotopic (exact) mass is 246 g/mol. The third-order valence-electron chi connectivity index (χ3n) is 2.75. The summed E-state index contributed by atoms with van der Waals surface area (Å²) in [5, 5.41) is 3.30. The van der Waals surface area contributed by atoms with Crippen LogP contribution in [0.3, 0.4) is 0 Å². The van der Waals surface area contributed by atoms with Gasteiger partial charge in [0.05, 0.1) is 11.9 Å². The highest BCUT2D eigenvalue weighted by molar-refractivity contribution is 5.56. The number of imidazole rings is 1. The average Bonchev–Trinajstić information content (AvgIpc) is 2.80. The van der Waals surface area contributed by atoms with Crippen molar-refractivity contribution < 1.29 is 4.74 Å². The van der Waals surface area contributed by atoms with E-state index in [2.05, 4.69) is 19.9 Å². The number of hydrogen-bond donors (Lipinski definition) is 1. The molecule has 1 N–H and O–H groups in total. The Bertz CT molecular complexity index is 495. The lowest BCUT2D eigenvalue weighted by Gasteiger charge is -2.10. The van der Waals surface area contributed by atoms with Gasteiger partial charge in [-0.25, -0.2) is 4.98 Å². The highest BCUT2D eigenvalue weighted by Crippen LogP contribution is 2.17. The van der Waals surface area contributed by atoms with Gasteiger partial charge in [0, 0.05) is 38.9 Å². The van der Waals surface area contributed by atoms with Crippen LogP contribution in [0.2, 0.25) is 0 Å². The molecule has 0 radical (unpaired) electrons. The summed E-state index contributed by atoms with van der Waals surface area (Å²) in [6, 6.07) is 1.97. The molecular formula is C13H18N4O. The van der Waals surface area contributed by atoms with Crippen LogP contribution in [0.15, 0.2) is 30.9 Å². The summed E-state index contributed by atoms with van der Waals surface area (Å²) in [5.74, 6) is 0.835. The van der Waals surface area contributed by atoms with Crippen LogP contribution in [0.5, 0.6) is 0 Å². The van der Waals surface area contributed by atoms with Crippen molar-refractivity contribution in [3.05, 3.63) is 36.4 Å². The summed E-state index contributed by atoms with van der Waals surface area (Å²) >= 11 is 0. The number of aromatic nitrogens is 3. The molecule has 2 aromatic heterocycles. The van der Waals surface area contributed by atoms with E-state index in [1.165, 1.54) is 0 Å². The Morgan fingerprint density at radius 2 is 2.28 bits per heavy atom. The van der Waals surface area contributed by atoms with Gasteiger partial charge in [0.1, 0.15) is 0 Å². The first-order valence-electron chi connectivity index (χ1n) is 5.99. The van der Waals surface area contributed by atoms with Crippen LogP contribution in [0.4, 0.5) is 11.6 Å². The average molecular weight is 246 g/mol. The smallest absolute Gasteiger partial charge is 0.207 e. The minimum Gasteiger partial charge on any atom is -0.385 e. The summed E-state index contributed by atoms with van der Waals surface area (Å²) in [6.45, 7) is 3.68. The zero-order chi connectivity index (χ0) is 12.8. The lowest BCUT2D eigenvalue weighted by Crippen LogP contribution is -2.06. The van der Waals surface area contributed by atoms with Gasteiger partial charge in [-0.15, -0.1) is 0 Å². The Hall–Kier alpha value is -1.88. The molecule has 0 saturated carbocycles. The molecule has 0 unspecified atom stereocenters. The second-order valence-corrected chi connectivity index (χ2v) is 4.11. The van der Waals surface area contributed by atoms with Gasteiger partial charge in [-0.05, 0) is 25.0 Å². The topological polar surface area (TPSA) is 52.0 Å². The number of ether oxygens (including phenoxy) is 1. The number of nitrogens with one attached hydrogen (secondary N) is 1. The van der Waals surface area contributed by atoms with Crippen LogP contribution in [0.25, 0.3) is 0 Å². The molecule has 2 heterocycles. The number of anilines is 2. The van der Waals surface area contributed by atoms with Gasteiger partial charge in [-0.1, -0.05) is 0 Å². The number of pyridine rings is 1. The Morgan fingerprint density at radius 3 is 3.06 bits per heavy atom. The first-order chi connectivity index (χ1) is 8.81. The number of rotatable bonds is 6. The maximum absolute atomic E-state index is 5.05. The number of hydrogen-bond acceptors (Lipinski definition) is 4. The zero-order valence-electron chi connectivity index (χ0n) is 10.8. The molecule has 96 valence electrons. The molecule has 0 aliphatic rings. The van der Waals surface area contributed by atoms with Crippen LogP contribution in [-0.4, -0.2) is 28.3 Å². The molecule has 0 aromatic carbocycles. The first-order valence-corrected chi connectivity index (χ1v) is 5.99. The molecule has 0 aliphatic carbocycles. The van der Waals surface area contributed by atoms with Crippen LogP contribution in [-0.2, 0) is 11.3 Å². The predicted molar refractivity (Wildman–Crippen MR) is 71.0 cm³/mol. The minimum atomic E-state index is 0.754. The number of nitrogens with zero attached hydrogens (tertiary/aromatic N) is 3. The molecule has 18 heavy (non-hydrogen) atoms. The van der Waals surface area contributed by atoms with E-state index >= 15 is 0 Å². The fraction of sp³-hybridized carbons (Fsp3) is 0.385. The Balaban J connectivity index is 2.05. The largest absolute Gasteiger partial charge is 0.385 e. The molecule has 2 rings (SSSR count). The molecule has 5 nitrogen and oxygen atoms in total. The van der Waals surface area contributed by atoms with E-state index in [0.717, 1.165) is 36.8 Å². The van der Waals surface area contributed by atoms with Gasteiger partial charge in [0.2, 0.25) is 5.95 Å². The lowest BCUT2D eigenvalue weighted by atomic mass is 10.2. The standard InChI is InChI=1S/C13H18N4O/c1-11-4-5-14-10-12(11)16-13-15-6-8-17(13)7-3-9-18-2/h4-6,8,10H,3,7,9H2,1-2H3,(H,15,16). The van der Waals surface area contributed by atoms with Crippen molar-refractivity contribution in [1.29, 1.82) is 0 Å². The second kappa shape index (κ2) is 6.16. The summed E-state index contributed by atoms with van der Waals surface area (Å²) in [7, 11) is 1.71. The van der Waals surface area contributed by atoms with Crippen LogP contribution >= 0.6 is 0 Å². The van der Waals surface area contributed by atoms with Gasteiger partial charge in [-0.3, -0.25) is 4.98 Å². The van der Waals surface area contributed by atoms with Crippen molar-refractivity contribution in [3.63, 3.8) is 0 Å². The molecule has 0 spiro atoms. The van der Waals surface area contributed by atoms with Gasteiger partial charge < -0.3 is 14.6 Å². The Kier molecular flexibility index (Phi) is 4.30. The van der Waals surface area contributed by atoms with E-state index in [-0.39, 0.29) is 0 Å². The van der Waals surface area contributed by atoms with Gasteiger partial charge in [0.15, 0.2) is 0 Å². The molecule has 0 amide bonds. The molecule has 5 heteroatoms. The van der Waals surface area contributed by atoms with E-state index in [1.807, 2.05) is 25.4 Å². The number of methoxy groups -OCH3 is 1. The summed E-state index contributed by atoms with van der Waals surface area (Å²) < 4.78 is 7.13. The second-order valence-electron chi connectivity index (χ2n) is 4.11. The molecule has 0 saturated heterocycles. The van der Waals surface area contributed by atoms with Crippen molar-refractivity contribution in [3.8, 4) is 0 Å². The first kappa shape index (κ1) is 12.6. The van der Waals surface area contributed by atoms with Crippen molar-refractivity contribution in [2.45, 2.75) is 19.9 Å². The normalized spacial score (nSPS) is 10.6. The van der Waals surface area contributed by atoms with E-state index in [0.29, 0.717) is 0 Å². The van der Waals surface area contributed by atoms with Crippen molar-refractivity contribution >= 4 is 11.6 Å². The van der Waals surface area contributed by atoms with E-state index in [9.17, 15) is 0 Å². The van der Waals surface area contributed by atoms with Gasteiger partial charge >= 0.3 is 0 Å². The fourth-order valence-corrected chi connectivity index (χ4v) is 1.71. The fourth-order valence-electron chi connectivity index (χ4n) is 1.71. The van der Waals surface area contributed by atoms with Crippen molar-refractivity contribution in [2.75, 3.05) is 19.0 Å². The molecule has 0 bridgehead atoms. The quantitative estimate of drug-likeness (QED) is 0.795. The third kappa shape index (κ3) is 3.07. The zero-order valence-corrected chi connectivity index (χ0v) is 10.8. The van der Waals surface area contributed by atoms with E-state index < -0.39 is 0 Å². The summed E-state index contributed by atoms with van der Waals surface area (Å²) in [6.07, 6.45) is 8.31. The summed E-state index contributed by atoms with van der Waals surface area (Å²) in [4.78, 5) is 8.43. The highest BCUT2D eigenvalue weighted by atomic mass is 16.5. The van der Waals surface area contributed by atoms with Gasteiger partial charge in [0.25, 0.3) is 0 Å². The molecule has 0 aliphatic heterocycles.